The highest BCUT2D eigenvalue weighted by Gasteiger charge is 2.46. The molecule has 4 aromatic carbocycles. The van der Waals surface area contributed by atoms with E-state index in [2.05, 4.69) is 109 Å². The van der Waals surface area contributed by atoms with Crippen molar-refractivity contribution in [1.29, 1.82) is 0 Å². The zero-order valence-corrected chi connectivity index (χ0v) is 23.8. The van der Waals surface area contributed by atoms with Crippen LogP contribution in [0, 0.1) is 0 Å². The van der Waals surface area contributed by atoms with Gasteiger partial charge in [-0.25, -0.2) is 0 Å². The molecule has 5 aromatic rings. The summed E-state index contributed by atoms with van der Waals surface area (Å²) in [6.07, 6.45) is 0.737. The van der Waals surface area contributed by atoms with Gasteiger partial charge in [0, 0.05) is 0 Å². The van der Waals surface area contributed by atoms with Crippen molar-refractivity contribution in [3.8, 4) is 11.3 Å². The summed E-state index contributed by atoms with van der Waals surface area (Å²) >= 11 is 0. The third kappa shape index (κ3) is 5.80. The predicted molar refractivity (Wildman–Crippen MR) is 153 cm³/mol. The van der Waals surface area contributed by atoms with Gasteiger partial charge in [0.15, 0.2) is 0 Å². The van der Waals surface area contributed by atoms with Crippen LogP contribution in [-0.4, -0.2) is 22.4 Å². The Balaban J connectivity index is 0.00000336. The van der Waals surface area contributed by atoms with Crippen molar-refractivity contribution in [3.63, 3.8) is 0 Å². The lowest BCUT2D eigenvalue weighted by Gasteiger charge is -2.27. The van der Waals surface area contributed by atoms with E-state index in [4.69, 9.17) is 9.84 Å². The Bertz CT molecular complexity index is 1350. The normalized spacial score (nSPS) is 11.0. The van der Waals surface area contributed by atoms with Crippen LogP contribution in [0.5, 0.6) is 0 Å². The molecule has 0 aliphatic heterocycles. The Morgan fingerprint density at radius 1 is 0.737 bits per heavy atom. The Morgan fingerprint density at radius 3 is 1.63 bits per heavy atom. The summed E-state index contributed by atoms with van der Waals surface area (Å²) in [5, 5.41) is 8.91. The Hall–Kier alpha value is -3.53. The topological polar surface area (TPSA) is 44.1 Å². The standard InChI is InChI=1S/C32H30N2O2P.BrH/c1-2-36-32(35)24-34-31(26-15-7-3-8-16-26)23-27(33-34)25-37(28-17-9-4-10-18-28,29-19-11-5-12-20-29)30-21-13-6-14-22-30;/h3-23H,2,24-25H2,1H3;1H/q+1;/p-1. The number of halogens is 1. The van der Waals surface area contributed by atoms with Gasteiger partial charge in [-0.2, -0.15) is 5.10 Å². The van der Waals surface area contributed by atoms with Gasteiger partial charge in [0.1, 0.15) is 41.6 Å². The first-order valence-electron chi connectivity index (χ1n) is 12.5. The van der Waals surface area contributed by atoms with Gasteiger partial charge in [-0.05, 0) is 55.0 Å². The third-order valence-electron chi connectivity index (χ3n) is 6.47. The molecule has 5 rings (SSSR count). The number of esters is 1. The van der Waals surface area contributed by atoms with Gasteiger partial charge in [-0.3, -0.25) is 9.48 Å². The van der Waals surface area contributed by atoms with Gasteiger partial charge in [0.25, 0.3) is 0 Å². The zero-order valence-electron chi connectivity index (χ0n) is 21.3. The summed E-state index contributed by atoms with van der Waals surface area (Å²) in [6.45, 7) is 2.24. The van der Waals surface area contributed by atoms with Gasteiger partial charge < -0.3 is 21.7 Å². The smallest absolute Gasteiger partial charge is 0.327 e. The first-order valence-corrected chi connectivity index (χ1v) is 14.5. The molecule has 4 nitrogen and oxygen atoms in total. The Labute approximate surface area is 235 Å². The van der Waals surface area contributed by atoms with Crippen LogP contribution < -0.4 is 32.9 Å². The number of carbonyl (C=O) groups excluding carboxylic acids is 1. The first-order chi connectivity index (χ1) is 18.2. The second-order valence-electron chi connectivity index (χ2n) is 8.82. The summed E-state index contributed by atoms with van der Waals surface area (Å²) in [7, 11) is -2.11. The quantitative estimate of drug-likeness (QED) is 0.198. The summed E-state index contributed by atoms with van der Waals surface area (Å²) in [5.74, 6) is -0.287. The maximum atomic E-state index is 12.5. The van der Waals surface area contributed by atoms with Crippen molar-refractivity contribution in [2.24, 2.45) is 0 Å². The molecule has 192 valence electrons. The molecule has 0 saturated heterocycles. The lowest BCUT2D eigenvalue weighted by molar-refractivity contribution is -0.144. The molecule has 0 radical (unpaired) electrons. The Kier molecular flexibility index (Phi) is 9.28. The van der Waals surface area contributed by atoms with Crippen LogP contribution in [0.1, 0.15) is 12.6 Å². The fourth-order valence-corrected chi connectivity index (χ4v) is 8.98. The van der Waals surface area contributed by atoms with Gasteiger partial charge in [0.05, 0.1) is 12.3 Å². The van der Waals surface area contributed by atoms with Crippen molar-refractivity contribution < 1.29 is 26.5 Å². The van der Waals surface area contributed by atoms with E-state index in [1.807, 2.05) is 25.1 Å². The number of hydrogen-bond donors (Lipinski definition) is 0. The molecule has 0 N–H and O–H groups in total. The maximum Gasteiger partial charge on any atom is 0.327 e. The lowest BCUT2D eigenvalue weighted by Crippen LogP contribution is -3.00. The average Bonchev–Trinajstić information content (AvgIpc) is 3.35. The summed E-state index contributed by atoms with van der Waals surface area (Å²) in [4.78, 5) is 12.5. The molecule has 0 aliphatic carbocycles. The number of rotatable bonds is 9. The number of aromatic nitrogens is 2. The molecule has 0 saturated carbocycles. The largest absolute Gasteiger partial charge is 1.00 e. The second kappa shape index (κ2) is 12.8. The minimum Gasteiger partial charge on any atom is -1.00 e. The molecule has 1 aromatic heterocycles. The molecule has 0 fully saturated rings. The fraction of sp³-hybridized carbons (Fsp3) is 0.125. The molecule has 0 bridgehead atoms. The van der Waals surface area contributed by atoms with Crippen molar-refractivity contribution in [1.82, 2.24) is 9.78 Å². The number of benzene rings is 4. The molecule has 0 aliphatic rings. The number of nitrogens with zero attached hydrogens (tertiary/aromatic N) is 2. The summed E-state index contributed by atoms with van der Waals surface area (Å²) in [5.41, 5.74) is 2.89. The van der Waals surface area contributed by atoms with E-state index in [9.17, 15) is 4.79 Å². The number of carbonyl (C=O) groups is 1. The number of hydrogen-bond acceptors (Lipinski definition) is 3. The number of ether oxygens (including phenoxy) is 1. The SMILES string of the molecule is CCOC(=O)Cn1nc(C[P+](c2ccccc2)(c2ccccc2)c2ccccc2)cc1-c1ccccc1.[Br-]. The molecule has 0 amide bonds. The van der Waals surface area contributed by atoms with E-state index < -0.39 is 7.26 Å². The molecule has 0 atom stereocenters. The minimum atomic E-state index is -2.11. The van der Waals surface area contributed by atoms with Crippen LogP contribution >= 0.6 is 7.26 Å². The van der Waals surface area contributed by atoms with Crippen LogP contribution in [0.25, 0.3) is 11.3 Å². The van der Waals surface area contributed by atoms with E-state index in [-0.39, 0.29) is 29.5 Å². The third-order valence-corrected chi connectivity index (χ3v) is 10.8. The molecular formula is C32H30BrN2O2P. The summed E-state index contributed by atoms with van der Waals surface area (Å²) < 4.78 is 7.05. The second-order valence-corrected chi connectivity index (χ2v) is 12.3. The highest BCUT2D eigenvalue weighted by molar-refractivity contribution is 7.95. The van der Waals surface area contributed by atoms with Gasteiger partial charge in [-0.1, -0.05) is 84.9 Å². The summed E-state index contributed by atoms with van der Waals surface area (Å²) in [6, 6.07) is 44.6. The van der Waals surface area contributed by atoms with Crippen molar-refractivity contribution in [2.75, 3.05) is 6.61 Å². The minimum absolute atomic E-state index is 0. The van der Waals surface area contributed by atoms with Crippen LogP contribution in [0.2, 0.25) is 0 Å². The molecule has 6 heteroatoms. The van der Waals surface area contributed by atoms with E-state index in [1.54, 1.807) is 4.68 Å². The van der Waals surface area contributed by atoms with Crippen molar-refractivity contribution >= 4 is 29.1 Å². The Morgan fingerprint density at radius 2 is 1.18 bits per heavy atom. The van der Waals surface area contributed by atoms with E-state index >= 15 is 0 Å². The highest BCUT2D eigenvalue weighted by Crippen LogP contribution is 2.58. The molecular weight excluding hydrogens is 555 g/mol. The first kappa shape index (κ1) is 27.5. The van der Waals surface area contributed by atoms with Crippen molar-refractivity contribution in [3.05, 3.63) is 133 Å². The maximum absolute atomic E-state index is 12.5. The molecule has 0 spiro atoms. The van der Waals surface area contributed by atoms with Gasteiger partial charge in [-0.15, -0.1) is 0 Å². The average molecular weight is 585 g/mol. The van der Waals surface area contributed by atoms with Crippen LogP contribution in [0.15, 0.2) is 127 Å². The molecule has 1 heterocycles. The lowest BCUT2D eigenvalue weighted by atomic mass is 10.1. The van der Waals surface area contributed by atoms with Gasteiger partial charge >= 0.3 is 5.97 Å². The molecule has 38 heavy (non-hydrogen) atoms. The highest BCUT2D eigenvalue weighted by atomic mass is 79.9. The monoisotopic (exact) mass is 584 g/mol. The van der Waals surface area contributed by atoms with E-state index in [1.165, 1.54) is 15.9 Å². The van der Waals surface area contributed by atoms with Crippen molar-refractivity contribution in [2.45, 2.75) is 19.6 Å². The van der Waals surface area contributed by atoms with Crippen LogP contribution in [0.4, 0.5) is 0 Å². The van der Waals surface area contributed by atoms with Crippen LogP contribution in [-0.2, 0) is 22.2 Å². The van der Waals surface area contributed by atoms with E-state index in [0.717, 1.165) is 23.1 Å². The fourth-order valence-electron chi connectivity index (χ4n) is 4.85. The van der Waals surface area contributed by atoms with E-state index in [0.29, 0.717) is 6.61 Å². The predicted octanol–water partition coefficient (Wildman–Crippen LogP) is 2.61. The molecule has 0 unspecified atom stereocenters. The van der Waals surface area contributed by atoms with Crippen LogP contribution in [0.3, 0.4) is 0 Å². The zero-order chi connectivity index (χ0) is 25.5. The van der Waals surface area contributed by atoms with Gasteiger partial charge in [0.2, 0.25) is 0 Å².